The molecule has 0 saturated carbocycles. The largest absolute Gasteiger partial charge is 0.465 e. The van der Waals surface area contributed by atoms with Crippen molar-refractivity contribution in [2.24, 2.45) is 0 Å². The van der Waals surface area contributed by atoms with E-state index in [0.717, 1.165) is 6.20 Å². The zero-order chi connectivity index (χ0) is 9.84. The molecule has 0 fully saturated rings. The number of pyridine rings is 1. The summed E-state index contributed by atoms with van der Waals surface area (Å²) in [6.07, 6.45) is 1.00. The maximum atomic E-state index is 13.0. The van der Waals surface area contributed by atoms with E-state index in [1.807, 2.05) is 0 Å². The highest BCUT2D eigenvalue weighted by Crippen LogP contribution is 2.11. The number of hydrogen-bond donors (Lipinski definition) is 0. The average Bonchev–Trinajstić information content (AvgIpc) is 2.17. The fourth-order valence-corrected chi connectivity index (χ4v) is 1.13. The predicted octanol–water partition coefficient (Wildman–Crippen LogP) is 1.90. The molecule has 0 aliphatic rings. The van der Waals surface area contributed by atoms with Gasteiger partial charge in [-0.2, -0.15) is 0 Å². The number of alkyl halides is 1. The van der Waals surface area contributed by atoms with Gasteiger partial charge in [-0.25, -0.2) is 9.18 Å². The number of ether oxygens (including phenoxy) is 1. The molecule has 0 radical (unpaired) electrons. The summed E-state index contributed by atoms with van der Waals surface area (Å²) in [5.74, 6) is -1.36. The molecular weight excluding hydrogens is 241 g/mol. The van der Waals surface area contributed by atoms with Crippen molar-refractivity contribution in [3.63, 3.8) is 0 Å². The minimum absolute atomic E-state index is 0.0908. The maximum Gasteiger partial charge on any atom is 0.340 e. The lowest BCUT2D eigenvalue weighted by Gasteiger charge is -2.01. The van der Waals surface area contributed by atoms with Crippen molar-refractivity contribution in [2.45, 2.75) is 5.33 Å². The van der Waals surface area contributed by atoms with Crippen LogP contribution in [0, 0.1) is 5.82 Å². The highest BCUT2D eigenvalue weighted by molar-refractivity contribution is 9.08. The van der Waals surface area contributed by atoms with E-state index in [9.17, 15) is 9.18 Å². The van der Waals surface area contributed by atoms with Crippen LogP contribution in [0.2, 0.25) is 0 Å². The summed E-state index contributed by atoms with van der Waals surface area (Å²) in [4.78, 5) is 14.7. The van der Waals surface area contributed by atoms with Crippen molar-refractivity contribution < 1.29 is 13.9 Å². The molecule has 0 unspecified atom stereocenters. The maximum absolute atomic E-state index is 13.0. The van der Waals surface area contributed by atoms with Crippen molar-refractivity contribution in [1.29, 1.82) is 0 Å². The molecule has 0 N–H and O–H groups in total. The van der Waals surface area contributed by atoms with Gasteiger partial charge in [0.2, 0.25) is 0 Å². The lowest BCUT2D eigenvalue weighted by molar-refractivity contribution is 0.0595. The zero-order valence-corrected chi connectivity index (χ0v) is 8.47. The monoisotopic (exact) mass is 247 g/mol. The van der Waals surface area contributed by atoms with Crippen LogP contribution in [-0.4, -0.2) is 18.1 Å². The van der Waals surface area contributed by atoms with Gasteiger partial charge in [0, 0.05) is 5.33 Å². The molecule has 0 atom stereocenters. The van der Waals surface area contributed by atoms with Crippen LogP contribution in [0.25, 0.3) is 0 Å². The summed E-state index contributed by atoms with van der Waals surface area (Å²) < 4.78 is 17.4. The highest BCUT2D eigenvalue weighted by atomic mass is 79.9. The van der Waals surface area contributed by atoms with Crippen molar-refractivity contribution in [3.05, 3.63) is 29.3 Å². The van der Waals surface area contributed by atoms with Gasteiger partial charge in [0.05, 0.1) is 24.6 Å². The molecule has 13 heavy (non-hydrogen) atoms. The second-order valence-electron chi connectivity index (χ2n) is 2.28. The Morgan fingerprint density at radius 3 is 3.00 bits per heavy atom. The summed E-state index contributed by atoms with van der Waals surface area (Å²) in [6.45, 7) is 0. The Morgan fingerprint density at radius 1 is 1.77 bits per heavy atom. The second-order valence-corrected chi connectivity index (χ2v) is 2.84. The number of hydrogen-bond acceptors (Lipinski definition) is 3. The van der Waals surface area contributed by atoms with E-state index in [0.29, 0.717) is 11.0 Å². The first-order chi connectivity index (χ1) is 6.19. The zero-order valence-electron chi connectivity index (χ0n) is 6.88. The van der Waals surface area contributed by atoms with E-state index >= 15 is 0 Å². The Hall–Kier alpha value is -0.970. The molecule has 0 aliphatic heterocycles. The molecule has 1 heterocycles. The number of carbonyl (C=O) groups excluding carboxylic acids is 1. The Balaban J connectivity index is 3.11. The fraction of sp³-hybridized carbons (Fsp3) is 0.250. The van der Waals surface area contributed by atoms with Crippen LogP contribution < -0.4 is 0 Å². The van der Waals surface area contributed by atoms with Crippen molar-refractivity contribution in [1.82, 2.24) is 4.98 Å². The number of aromatic nitrogens is 1. The molecule has 0 bridgehead atoms. The molecule has 70 valence electrons. The van der Waals surface area contributed by atoms with E-state index in [1.165, 1.54) is 13.2 Å². The van der Waals surface area contributed by atoms with E-state index in [4.69, 9.17) is 0 Å². The van der Waals surface area contributed by atoms with E-state index in [-0.39, 0.29) is 5.56 Å². The molecule has 0 saturated heterocycles. The number of rotatable bonds is 2. The molecule has 1 aromatic rings. The Morgan fingerprint density at radius 2 is 2.46 bits per heavy atom. The third-order valence-electron chi connectivity index (χ3n) is 1.45. The van der Waals surface area contributed by atoms with Crippen molar-refractivity contribution >= 4 is 21.9 Å². The van der Waals surface area contributed by atoms with Crippen molar-refractivity contribution in [2.75, 3.05) is 7.11 Å². The topological polar surface area (TPSA) is 39.2 Å². The van der Waals surface area contributed by atoms with Crippen LogP contribution >= 0.6 is 15.9 Å². The second kappa shape index (κ2) is 4.32. The predicted molar refractivity (Wildman–Crippen MR) is 48.2 cm³/mol. The highest BCUT2D eigenvalue weighted by Gasteiger charge is 2.12. The molecule has 0 aliphatic carbocycles. The lowest BCUT2D eigenvalue weighted by atomic mass is 10.2. The van der Waals surface area contributed by atoms with Gasteiger partial charge in [-0.1, -0.05) is 15.9 Å². The van der Waals surface area contributed by atoms with E-state index in [2.05, 4.69) is 25.7 Å². The summed E-state index contributed by atoms with van der Waals surface area (Å²) >= 11 is 3.15. The Kier molecular flexibility index (Phi) is 3.36. The number of carbonyl (C=O) groups is 1. The first kappa shape index (κ1) is 10.1. The quantitative estimate of drug-likeness (QED) is 0.592. The van der Waals surface area contributed by atoms with Crippen molar-refractivity contribution in [3.8, 4) is 0 Å². The molecular formula is C8H7BrFNO2. The number of esters is 1. The van der Waals surface area contributed by atoms with Crippen LogP contribution in [-0.2, 0) is 10.1 Å². The summed E-state index contributed by atoms with van der Waals surface area (Å²) in [5.41, 5.74) is 0.494. The number of halogens is 2. The van der Waals surface area contributed by atoms with Gasteiger partial charge >= 0.3 is 5.97 Å². The van der Waals surface area contributed by atoms with Gasteiger partial charge in [0.25, 0.3) is 0 Å². The number of nitrogens with zero attached hydrogens (tertiary/aromatic N) is 1. The fourth-order valence-electron chi connectivity index (χ4n) is 0.821. The molecule has 1 rings (SSSR count). The molecule has 1 aromatic heterocycles. The van der Waals surface area contributed by atoms with E-state index in [1.54, 1.807) is 0 Å². The van der Waals surface area contributed by atoms with Crippen LogP contribution in [0.15, 0.2) is 12.3 Å². The molecule has 5 heteroatoms. The summed E-state index contributed by atoms with van der Waals surface area (Å²) in [7, 11) is 1.20. The smallest absolute Gasteiger partial charge is 0.340 e. The third kappa shape index (κ3) is 2.24. The third-order valence-corrected chi connectivity index (χ3v) is 2.03. The Bertz CT molecular complexity index is 330. The minimum Gasteiger partial charge on any atom is -0.465 e. The van der Waals surface area contributed by atoms with Gasteiger partial charge in [-0.05, 0) is 6.07 Å². The SMILES string of the molecule is COC(=O)c1cc(CBr)ncc1F. The summed E-state index contributed by atoms with van der Waals surface area (Å²) in [5, 5.41) is 0.470. The number of methoxy groups -OCH3 is 1. The molecule has 0 amide bonds. The van der Waals surface area contributed by atoms with Gasteiger partial charge in [0.1, 0.15) is 0 Å². The lowest BCUT2D eigenvalue weighted by Crippen LogP contribution is -2.06. The average molecular weight is 248 g/mol. The van der Waals surface area contributed by atoms with E-state index < -0.39 is 11.8 Å². The van der Waals surface area contributed by atoms with Crippen LogP contribution in [0.1, 0.15) is 16.1 Å². The van der Waals surface area contributed by atoms with Crippen LogP contribution in [0.4, 0.5) is 4.39 Å². The normalized spacial score (nSPS) is 9.77. The first-order valence-corrected chi connectivity index (χ1v) is 4.60. The Labute approximate surface area is 83.1 Å². The van der Waals surface area contributed by atoms with Gasteiger partial charge in [-0.15, -0.1) is 0 Å². The minimum atomic E-state index is -0.692. The molecule has 0 spiro atoms. The standard InChI is InChI=1S/C8H7BrFNO2/c1-13-8(12)6-2-5(3-9)11-4-7(6)10/h2,4H,3H2,1H3. The van der Waals surface area contributed by atoms with Gasteiger partial charge < -0.3 is 4.74 Å². The van der Waals surface area contributed by atoms with Crippen LogP contribution in [0.5, 0.6) is 0 Å². The van der Waals surface area contributed by atoms with Gasteiger partial charge in [0.15, 0.2) is 5.82 Å². The van der Waals surface area contributed by atoms with Gasteiger partial charge in [-0.3, -0.25) is 4.98 Å². The molecule has 0 aromatic carbocycles. The summed E-state index contributed by atoms with van der Waals surface area (Å²) in [6, 6.07) is 1.36. The molecule has 3 nitrogen and oxygen atoms in total. The first-order valence-electron chi connectivity index (χ1n) is 3.47. The van der Waals surface area contributed by atoms with Crippen LogP contribution in [0.3, 0.4) is 0 Å².